The summed E-state index contributed by atoms with van der Waals surface area (Å²) in [6.07, 6.45) is 0.679. The van der Waals surface area contributed by atoms with Crippen LogP contribution < -0.4 is 4.90 Å². The fourth-order valence-electron chi connectivity index (χ4n) is 3.29. The minimum absolute atomic E-state index is 0.0119. The Morgan fingerprint density at radius 2 is 1.93 bits per heavy atom. The molecule has 2 heterocycles. The number of anilines is 1. The first-order valence-electron chi connectivity index (χ1n) is 8.46. The molecule has 3 rings (SSSR count). The fraction of sp³-hybridized carbons (Fsp3) is 0.250. The molecule has 0 spiro atoms. The van der Waals surface area contributed by atoms with E-state index in [0.29, 0.717) is 23.4 Å². The van der Waals surface area contributed by atoms with Gasteiger partial charge in [-0.15, -0.1) is 11.3 Å². The lowest BCUT2D eigenvalue weighted by atomic mass is 10.00. The molecule has 1 aliphatic heterocycles. The summed E-state index contributed by atoms with van der Waals surface area (Å²) >= 11 is 1.59. The van der Waals surface area contributed by atoms with E-state index in [9.17, 15) is 14.9 Å². The predicted octanol–water partition coefficient (Wildman–Crippen LogP) is 4.50. The van der Waals surface area contributed by atoms with Gasteiger partial charge in [0.2, 0.25) is 0 Å². The Labute approximate surface area is 161 Å². The van der Waals surface area contributed by atoms with E-state index in [4.69, 9.17) is 4.74 Å². The van der Waals surface area contributed by atoms with Crippen molar-refractivity contribution in [2.75, 3.05) is 12.0 Å². The van der Waals surface area contributed by atoms with Gasteiger partial charge < -0.3 is 9.64 Å². The lowest BCUT2D eigenvalue weighted by Crippen LogP contribution is -2.30. The van der Waals surface area contributed by atoms with Crippen molar-refractivity contribution in [2.24, 2.45) is 0 Å². The molecule has 1 aromatic carbocycles. The number of nitrogens with zero attached hydrogens (tertiary/aromatic N) is 2. The summed E-state index contributed by atoms with van der Waals surface area (Å²) in [5, 5.41) is 13.5. The van der Waals surface area contributed by atoms with Crippen LogP contribution in [0, 0.1) is 10.1 Å². The van der Waals surface area contributed by atoms with E-state index >= 15 is 0 Å². The Kier molecular flexibility index (Phi) is 5.41. The van der Waals surface area contributed by atoms with Crippen LogP contribution in [0.1, 0.15) is 30.7 Å². The molecule has 0 unspecified atom stereocenters. The molecule has 0 bridgehead atoms. The third-order valence-electron chi connectivity index (χ3n) is 4.69. The highest BCUT2D eigenvalue weighted by Crippen LogP contribution is 2.39. The molecule has 0 N–H and O–H groups in total. The van der Waals surface area contributed by atoms with Gasteiger partial charge in [0.15, 0.2) is 0 Å². The molecule has 7 heteroatoms. The number of carbonyl (C=O) groups excluding carboxylic acids is 1. The first kappa shape index (κ1) is 18.8. The molecule has 2 aromatic rings. The third kappa shape index (κ3) is 3.64. The van der Waals surface area contributed by atoms with Crippen LogP contribution in [-0.4, -0.2) is 18.0 Å². The largest absolute Gasteiger partial charge is 0.466 e. The predicted molar refractivity (Wildman–Crippen MR) is 105 cm³/mol. The third-order valence-corrected chi connectivity index (χ3v) is 5.60. The van der Waals surface area contributed by atoms with Crippen molar-refractivity contribution in [3.8, 4) is 0 Å². The Hall–Kier alpha value is -2.93. The van der Waals surface area contributed by atoms with Crippen LogP contribution in [0.25, 0.3) is 0 Å². The minimum atomic E-state index is -0.538. The van der Waals surface area contributed by atoms with Crippen LogP contribution in [0.15, 0.2) is 64.4 Å². The van der Waals surface area contributed by atoms with E-state index in [1.54, 1.807) is 25.2 Å². The molecule has 1 aliphatic rings. The van der Waals surface area contributed by atoms with Gasteiger partial charge in [-0.05, 0) is 30.9 Å². The maximum absolute atomic E-state index is 12.2. The Balaban J connectivity index is 2.09. The van der Waals surface area contributed by atoms with Crippen molar-refractivity contribution in [1.29, 1.82) is 0 Å². The van der Waals surface area contributed by atoms with E-state index in [1.165, 1.54) is 7.11 Å². The fourth-order valence-corrected chi connectivity index (χ4v) is 4.18. The summed E-state index contributed by atoms with van der Waals surface area (Å²) in [6, 6.07) is 12.0. The van der Waals surface area contributed by atoms with Crippen LogP contribution in [0.2, 0.25) is 0 Å². The Morgan fingerprint density at radius 1 is 1.22 bits per heavy atom. The quantitative estimate of drug-likeness (QED) is 0.431. The first-order valence-corrected chi connectivity index (χ1v) is 9.34. The van der Waals surface area contributed by atoms with Gasteiger partial charge in [0, 0.05) is 17.0 Å². The van der Waals surface area contributed by atoms with Gasteiger partial charge in [-0.1, -0.05) is 30.3 Å². The monoisotopic (exact) mass is 384 g/mol. The molecule has 140 valence electrons. The number of rotatable bonds is 5. The molecular formula is C20H20N2O4S. The van der Waals surface area contributed by atoms with Crippen molar-refractivity contribution in [2.45, 2.75) is 26.7 Å². The number of hydrogen-bond donors (Lipinski definition) is 0. The number of nitro groups is 1. The van der Waals surface area contributed by atoms with Crippen LogP contribution in [0.4, 0.5) is 5.69 Å². The van der Waals surface area contributed by atoms with E-state index in [0.717, 1.165) is 16.1 Å². The SMILES string of the molecule is COC(=O)C1=C(C)N(c2ccsc2Cc2ccccc2)C(C)=C([N+](=O)[O-])C1. The Bertz CT molecular complexity index is 944. The van der Waals surface area contributed by atoms with Gasteiger partial charge in [0.05, 0.1) is 35.4 Å². The summed E-state index contributed by atoms with van der Waals surface area (Å²) in [4.78, 5) is 26.2. The first-order chi connectivity index (χ1) is 12.9. The van der Waals surface area contributed by atoms with Crippen molar-refractivity contribution in [3.63, 3.8) is 0 Å². The molecule has 1 aromatic heterocycles. The molecule has 6 nitrogen and oxygen atoms in total. The number of carbonyl (C=O) groups is 1. The van der Waals surface area contributed by atoms with Gasteiger partial charge in [0.1, 0.15) is 0 Å². The number of allylic oxidation sites excluding steroid dienone is 3. The van der Waals surface area contributed by atoms with E-state index in [2.05, 4.69) is 0 Å². The number of esters is 1. The van der Waals surface area contributed by atoms with Crippen LogP contribution in [0.3, 0.4) is 0 Å². The lowest BCUT2D eigenvalue weighted by Gasteiger charge is -2.31. The number of hydrogen-bond acceptors (Lipinski definition) is 6. The number of benzene rings is 1. The lowest BCUT2D eigenvalue weighted by molar-refractivity contribution is -0.428. The van der Waals surface area contributed by atoms with E-state index < -0.39 is 10.9 Å². The van der Waals surface area contributed by atoms with Crippen molar-refractivity contribution in [3.05, 3.63) is 85.0 Å². The van der Waals surface area contributed by atoms with Crippen LogP contribution >= 0.6 is 11.3 Å². The zero-order valence-electron chi connectivity index (χ0n) is 15.4. The molecule has 0 atom stereocenters. The topological polar surface area (TPSA) is 72.7 Å². The second kappa shape index (κ2) is 7.75. The van der Waals surface area contributed by atoms with E-state index in [-0.39, 0.29) is 12.1 Å². The second-order valence-electron chi connectivity index (χ2n) is 6.25. The average molecular weight is 384 g/mol. The highest BCUT2D eigenvalue weighted by molar-refractivity contribution is 7.10. The number of ether oxygens (including phenoxy) is 1. The van der Waals surface area contributed by atoms with Gasteiger partial charge >= 0.3 is 5.97 Å². The highest BCUT2D eigenvalue weighted by atomic mass is 32.1. The molecule has 0 saturated carbocycles. The summed E-state index contributed by atoms with van der Waals surface area (Å²) in [5.41, 5.74) is 3.53. The van der Waals surface area contributed by atoms with Crippen molar-refractivity contribution >= 4 is 23.0 Å². The Morgan fingerprint density at radius 3 is 2.56 bits per heavy atom. The molecule has 0 amide bonds. The maximum Gasteiger partial charge on any atom is 0.336 e. The van der Waals surface area contributed by atoms with Gasteiger partial charge in [0.25, 0.3) is 5.70 Å². The van der Waals surface area contributed by atoms with Crippen molar-refractivity contribution in [1.82, 2.24) is 0 Å². The molecule has 27 heavy (non-hydrogen) atoms. The zero-order chi connectivity index (χ0) is 19.6. The van der Waals surface area contributed by atoms with Gasteiger partial charge in [-0.25, -0.2) is 4.79 Å². The van der Waals surface area contributed by atoms with Gasteiger partial charge in [-0.2, -0.15) is 0 Å². The molecule has 0 saturated heterocycles. The standard InChI is InChI=1S/C20H20N2O4S/c1-13-16(20(23)26-3)12-18(22(24)25)14(2)21(13)17-9-10-27-19(17)11-15-7-5-4-6-8-15/h4-10H,11-12H2,1-3H3. The summed E-state index contributed by atoms with van der Waals surface area (Å²) in [6.45, 7) is 3.52. The van der Waals surface area contributed by atoms with Gasteiger partial charge in [-0.3, -0.25) is 10.1 Å². The highest BCUT2D eigenvalue weighted by Gasteiger charge is 2.34. The summed E-state index contributed by atoms with van der Waals surface area (Å²) < 4.78 is 4.85. The molecule has 0 fully saturated rings. The van der Waals surface area contributed by atoms with Crippen LogP contribution in [-0.2, 0) is 16.0 Å². The van der Waals surface area contributed by atoms with Crippen LogP contribution in [0.5, 0.6) is 0 Å². The normalized spacial score (nSPS) is 14.6. The second-order valence-corrected chi connectivity index (χ2v) is 7.25. The zero-order valence-corrected chi connectivity index (χ0v) is 16.2. The maximum atomic E-state index is 12.2. The number of methoxy groups -OCH3 is 1. The minimum Gasteiger partial charge on any atom is -0.466 e. The smallest absolute Gasteiger partial charge is 0.336 e. The number of thiophene rings is 1. The average Bonchev–Trinajstić information content (AvgIpc) is 3.09. The van der Waals surface area contributed by atoms with E-state index in [1.807, 2.05) is 46.7 Å². The molecule has 0 aliphatic carbocycles. The molecule has 0 radical (unpaired) electrons. The van der Waals surface area contributed by atoms with Crippen molar-refractivity contribution < 1.29 is 14.5 Å². The summed E-state index contributed by atoms with van der Waals surface area (Å²) in [7, 11) is 1.29. The summed E-state index contributed by atoms with van der Waals surface area (Å²) in [5.74, 6) is -0.538. The molecular weight excluding hydrogens is 364 g/mol.